The molecular formula is C116H81N15. The summed E-state index contributed by atoms with van der Waals surface area (Å²) in [5.74, 6) is 5.44. The zero-order chi connectivity index (χ0) is 87.1. The summed E-state index contributed by atoms with van der Waals surface area (Å²) >= 11 is 0. The maximum Gasteiger partial charge on any atom is 0.223 e. The van der Waals surface area contributed by atoms with Gasteiger partial charge in [-0.2, -0.15) is 0 Å². The van der Waals surface area contributed by atoms with Crippen molar-refractivity contribution in [1.29, 1.82) is 0 Å². The molecule has 15 heteroatoms. The molecule has 0 aliphatic carbocycles. The van der Waals surface area contributed by atoms with Crippen molar-refractivity contribution in [3.8, 4) is 55.6 Å². The lowest BCUT2D eigenvalue weighted by atomic mass is 9.82. The Labute approximate surface area is 746 Å². The second-order valence-corrected chi connectivity index (χ2v) is 39.3. The summed E-state index contributed by atoms with van der Waals surface area (Å²) in [6, 6.07) is 101. The molecule has 0 saturated heterocycles. The van der Waals surface area contributed by atoms with Gasteiger partial charge in [0.2, 0.25) is 34.7 Å². The predicted octanol–water partition coefficient (Wildman–Crippen LogP) is 28.9. The minimum atomic E-state index is 0.0108. The minimum absolute atomic E-state index is 0.0108. The van der Waals surface area contributed by atoms with Gasteiger partial charge in [0, 0.05) is 0 Å². The lowest BCUT2D eigenvalue weighted by Gasteiger charge is -2.22. The van der Waals surface area contributed by atoms with Crippen LogP contribution in [0.3, 0.4) is 0 Å². The number of nitrogens with zero attached hydrogens (tertiary/aromatic N) is 15. The minimum Gasteiger partial charge on any atom is -0.276 e. The van der Waals surface area contributed by atoms with E-state index in [1.54, 1.807) is 0 Å². The number of benzene rings is 18. The molecule has 0 N–H and O–H groups in total. The van der Waals surface area contributed by atoms with E-state index in [2.05, 4.69) is 390 Å². The average molecular weight is 1690 g/mol. The van der Waals surface area contributed by atoms with Crippen LogP contribution in [0.25, 0.3) is 271 Å². The third-order valence-electron chi connectivity index (χ3n) is 29.7. The molecule has 0 aliphatic rings. The monoisotopic (exact) mass is 1680 g/mol. The van der Waals surface area contributed by atoms with Gasteiger partial charge in [-0.1, -0.05) is 174 Å². The quantitative estimate of drug-likeness (QED) is 0.164. The molecule has 0 unspecified atom stereocenters. The average Bonchev–Trinajstić information content (AvgIpc) is 1.52. The first-order valence-electron chi connectivity index (χ1n) is 45.6. The van der Waals surface area contributed by atoms with Gasteiger partial charge in [0.15, 0.2) is 0 Å². The Morgan fingerprint density at radius 1 is 0.214 bits per heavy atom. The third kappa shape index (κ3) is 9.45. The zero-order valence-electron chi connectivity index (χ0n) is 74.2. The lowest BCUT2D eigenvalue weighted by molar-refractivity contribution is 0.589. The Morgan fingerprint density at radius 3 is 0.695 bits per heavy atom. The van der Waals surface area contributed by atoms with Crippen molar-refractivity contribution in [1.82, 2.24) is 69.5 Å². The molecule has 18 aromatic carbocycles. The van der Waals surface area contributed by atoms with E-state index in [0.29, 0.717) is 5.92 Å². The summed E-state index contributed by atoms with van der Waals surface area (Å²) in [6.07, 6.45) is 0. The Hall–Kier alpha value is -16.3. The molecule has 0 saturated carbocycles. The fraction of sp³-hybridized carbons (Fsp3) is 0.121. The summed E-state index contributed by atoms with van der Waals surface area (Å²) in [5, 5.41) is 13.8. The Kier molecular flexibility index (Phi) is 13.3. The summed E-state index contributed by atoms with van der Waals surface area (Å²) in [7, 11) is 0. The van der Waals surface area contributed by atoms with E-state index in [1.165, 1.54) is 99.4 Å². The molecule has 0 atom stereocenters. The van der Waals surface area contributed by atoms with E-state index in [9.17, 15) is 0 Å². The van der Waals surface area contributed by atoms with Crippen molar-refractivity contribution in [3.05, 3.63) is 317 Å². The maximum atomic E-state index is 5.67. The third-order valence-corrected chi connectivity index (χ3v) is 29.7. The van der Waals surface area contributed by atoms with Crippen LogP contribution in [-0.2, 0) is 5.41 Å². The molecule has 0 fully saturated rings. The van der Waals surface area contributed by atoms with Gasteiger partial charge in [0.25, 0.3) is 0 Å². The Bertz CT molecular complexity index is 10400. The largest absolute Gasteiger partial charge is 0.276 e. The second-order valence-electron chi connectivity index (χ2n) is 39.3. The van der Waals surface area contributed by atoms with Gasteiger partial charge in [-0.3, -0.25) is 26.4 Å². The van der Waals surface area contributed by atoms with Crippen molar-refractivity contribution in [2.75, 3.05) is 0 Å². The predicted molar refractivity (Wildman–Crippen MR) is 541 cm³/mol. The maximum absolute atomic E-state index is 5.67. The Balaban J connectivity index is 0.558. The molecule has 12 aromatic heterocycles. The smallest absolute Gasteiger partial charge is 0.223 e. The molecule has 620 valence electrons. The topological polar surface area (TPSA) is 117 Å². The fourth-order valence-corrected chi connectivity index (χ4v) is 23.9. The molecule has 0 radical (unpaired) electrons. The van der Waals surface area contributed by atoms with Crippen LogP contribution in [0.4, 0.5) is 0 Å². The van der Waals surface area contributed by atoms with Gasteiger partial charge in [-0.15, -0.1) is 0 Å². The first kappa shape index (κ1) is 71.8. The summed E-state index contributed by atoms with van der Waals surface area (Å²) in [6.45, 7) is 27.3. The molecule has 30 rings (SSSR count). The van der Waals surface area contributed by atoms with Crippen LogP contribution in [0.2, 0.25) is 0 Å². The van der Waals surface area contributed by atoms with Crippen molar-refractivity contribution >= 4 is 215 Å². The normalized spacial score (nSPS) is 13.1. The van der Waals surface area contributed by atoms with Gasteiger partial charge >= 0.3 is 0 Å². The highest BCUT2D eigenvalue weighted by molar-refractivity contribution is 6.15. The molecular weight excluding hydrogens is 1600 g/mol. The number of hydrogen-bond acceptors (Lipinski definition) is 6. The first-order chi connectivity index (χ1) is 63.6. The van der Waals surface area contributed by atoms with Crippen molar-refractivity contribution in [2.45, 2.75) is 94.4 Å². The number of fused-ring (bicyclic) bond motifs is 36. The molecule has 0 amide bonds. The highest BCUT2D eigenvalue weighted by Gasteiger charge is 2.32. The van der Waals surface area contributed by atoms with Crippen LogP contribution < -0.4 is 0 Å². The van der Waals surface area contributed by atoms with Crippen LogP contribution in [0.1, 0.15) is 90.6 Å². The number of imidazole rings is 12. The lowest BCUT2D eigenvalue weighted by Crippen LogP contribution is -2.12. The van der Waals surface area contributed by atoms with Crippen LogP contribution in [0.15, 0.2) is 267 Å². The Morgan fingerprint density at radius 2 is 0.443 bits per heavy atom. The van der Waals surface area contributed by atoms with E-state index < -0.39 is 0 Å². The number of hydrogen-bond donors (Lipinski definition) is 0. The van der Waals surface area contributed by atoms with Crippen molar-refractivity contribution in [3.63, 3.8) is 0 Å². The van der Waals surface area contributed by atoms with E-state index in [0.717, 1.165) is 221 Å². The van der Waals surface area contributed by atoms with Crippen LogP contribution in [-0.4, -0.2) is 69.5 Å². The molecule has 0 spiro atoms. The number of rotatable bonds is 6. The van der Waals surface area contributed by atoms with Gasteiger partial charge in [0.05, 0.1) is 99.3 Å². The number of aromatic nitrogens is 15. The van der Waals surface area contributed by atoms with E-state index in [-0.39, 0.29) is 5.41 Å². The highest BCUT2D eigenvalue weighted by atomic mass is 15.3. The van der Waals surface area contributed by atoms with E-state index in [4.69, 9.17) is 29.9 Å². The standard InChI is InChI=1S/C116H81N15/c1-57(2)77-31-61(6)105(62(7)32-77)83-53-101-109-102(54-83)127-96-49-80-37-71(72-24-28-76-44-91-97(50-81(76)38-72)128-103-56-84(106-63(8)33-85(34-64(106)9)116(10,11)12)55-99-108(103)130(113(128)120-91)111-118-87-40-66-18-14-16-20-68(66)46-93(87)124(99)111)23-27-75(80)43-90(96)122-115(127)131(109)114-121-89-42-74-26-22-70(36-79(74)48-95(89)126(101)114)69-21-25-73-41-88-94(47-78(73)35-69)125-100-52-82(104-59(4)29-58(3)30-60(104)5)51-98-107(100)129(112(125)119-88)110-117-86-39-65-17-13-15-19-67(65)45-92(86)123(98)110/h13-57H,1-12H3. The molecule has 12 heterocycles. The molecule has 30 aromatic rings. The van der Waals surface area contributed by atoms with Crippen LogP contribution in [0, 0.1) is 48.5 Å². The summed E-state index contributed by atoms with van der Waals surface area (Å²) in [5.41, 5.74) is 45.2. The molecule has 0 bridgehead atoms. The first-order valence-corrected chi connectivity index (χ1v) is 45.6. The fourth-order valence-electron chi connectivity index (χ4n) is 23.9. The molecule has 0 aliphatic heterocycles. The van der Waals surface area contributed by atoms with Gasteiger partial charge in [0.1, 0.15) is 16.6 Å². The van der Waals surface area contributed by atoms with E-state index in [1.807, 2.05) is 0 Å². The SMILES string of the molecule is Cc1cc(C)c(-c2cc3c4c(c2)n2c5cc6cc(-c7ccc8cc9nc%10n(c9cc8c7)c7cc(-c8c(C)cc(C(C)C)cc8C)cc8c7n%10c7nc9cc%10ccc(-c%11ccc%12cc%13nc%14n(c%13cc%12c%11)c%11cc(-c%12c(C)cc(C(C)(C)C)cc%12C)cc%12c%11n%14c%11nc%13cc%14ccccc%14cc%13n%12%11)cc%10cc9n87)ccc6cc5nc2n4c2nc4cc5ccccc5cc4n32)c(C)c1. The molecule has 15 nitrogen and oxygen atoms in total. The molecule has 131 heavy (non-hydrogen) atoms. The van der Waals surface area contributed by atoms with Crippen LogP contribution >= 0.6 is 0 Å². The number of aryl methyl sites for hydroxylation is 7. The summed E-state index contributed by atoms with van der Waals surface area (Å²) in [4.78, 5) is 33.4. The van der Waals surface area contributed by atoms with Crippen molar-refractivity contribution in [2.24, 2.45) is 0 Å². The van der Waals surface area contributed by atoms with Gasteiger partial charge in [-0.25, -0.2) is 43.1 Å². The highest BCUT2D eigenvalue weighted by Crippen LogP contribution is 2.48. The van der Waals surface area contributed by atoms with Crippen LogP contribution in [0.5, 0.6) is 0 Å². The zero-order valence-corrected chi connectivity index (χ0v) is 74.2. The van der Waals surface area contributed by atoms with Gasteiger partial charge in [-0.05, 0) is 358 Å². The van der Waals surface area contributed by atoms with Gasteiger partial charge < -0.3 is 0 Å². The van der Waals surface area contributed by atoms with E-state index >= 15 is 0 Å². The summed E-state index contributed by atoms with van der Waals surface area (Å²) < 4.78 is 21.2. The second kappa shape index (κ2) is 24.3. The van der Waals surface area contributed by atoms with Crippen molar-refractivity contribution < 1.29 is 0 Å².